The highest BCUT2D eigenvalue weighted by Crippen LogP contribution is 2.19. The molecule has 8 heteroatoms. The molecule has 0 aromatic heterocycles. The lowest BCUT2D eigenvalue weighted by Crippen LogP contribution is -2.15. The van der Waals surface area contributed by atoms with Crippen LogP contribution in [0.4, 0.5) is 11.4 Å². The summed E-state index contributed by atoms with van der Waals surface area (Å²) in [6.45, 7) is 0.842. The lowest BCUT2D eigenvalue weighted by molar-refractivity contribution is -0.384. The van der Waals surface area contributed by atoms with E-state index in [0.29, 0.717) is 5.69 Å². The van der Waals surface area contributed by atoms with E-state index in [9.17, 15) is 14.9 Å². The fourth-order valence-corrected chi connectivity index (χ4v) is 2.85. The number of carbonyl (C=O) groups is 1. The first-order valence-electron chi connectivity index (χ1n) is 6.85. The fraction of sp³-hybridized carbons (Fsp3) is 0.429. The smallest absolute Gasteiger partial charge is 0.271 e. The fourth-order valence-electron chi connectivity index (χ4n) is 2.01. The van der Waals surface area contributed by atoms with E-state index in [2.05, 4.69) is 10.3 Å². The van der Waals surface area contributed by atoms with Crippen molar-refractivity contribution >= 4 is 46.5 Å². The molecule has 0 spiro atoms. The maximum absolute atomic E-state index is 11.9. The zero-order chi connectivity index (χ0) is 15.1. The summed E-state index contributed by atoms with van der Waals surface area (Å²) in [5, 5.41) is 14.4. The molecule has 0 unspecified atom stereocenters. The molecule has 1 heterocycles. The molecule has 0 aliphatic carbocycles. The first kappa shape index (κ1) is 18.4. The number of anilines is 1. The summed E-state index contributed by atoms with van der Waals surface area (Å²) in [7, 11) is 0. The number of thioether (sulfide) groups is 1. The van der Waals surface area contributed by atoms with Gasteiger partial charge in [-0.25, -0.2) is 0 Å². The summed E-state index contributed by atoms with van der Waals surface area (Å²) >= 11 is 1.45. The lowest BCUT2D eigenvalue weighted by Gasteiger charge is -2.06. The van der Waals surface area contributed by atoms with Crippen LogP contribution in [0.25, 0.3) is 0 Å². The Hall–Kier alpha value is -1.60. The number of nitro benzene ring substituents is 1. The Morgan fingerprint density at radius 3 is 2.95 bits per heavy atom. The third-order valence-corrected chi connectivity index (χ3v) is 4.12. The summed E-state index contributed by atoms with van der Waals surface area (Å²) in [4.78, 5) is 26.5. The van der Waals surface area contributed by atoms with Crippen molar-refractivity contribution in [3.8, 4) is 0 Å². The van der Waals surface area contributed by atoms with Gasteiger partial charge in [0.2, 0.25) is 5.91 Å². The maximum atomic E-state index is 11.9. The van der Waals surface area contributed by atoms with Crippen molar-refractivity contribution in [3.05, 3.63) is 34.4 Å². The van der Waals surface area contributed by atoms with Crippen molar-refractivity contribution in [1.82, 2.24) is 0 Å². The molecule has 1 amide bonds. The van der Waals surface area contributed by atoms with E-state index in [0.717, 1.165) is 30.9 Å². The van der Waals surface area contributed by atoms with Gasteiger partial charge in [-0.3, -0.25) is 19.9 Å². The minimum atomic E-state index is -0.481. The molecule has 22 heavy (non-hydrogen) atoms. The predicted molar refractivity (Wildman–Crippen MR) is 92.2 cm³/mol. The van der Waals surface area contributed by atoms with Crippen LogP contribution < -0.4 is 5.32 Å². The van der Waals surface area contributed by atoms with E-state index in [1.54, 1.807) is 12.1 Å². The molecule has 2 rings (SSSR count). The highest BCUT2D eigenvalue weighted by Gasteiger charge is 2.10. The number of benzene rings is 1. The molecule has 1 N–H and O–H groups in total. The number of carbonyl (C=O) groups excluding carboxylic acids is 1. The van der Waals surface area contributed by atoms with Gasteiger partial charge in [-0.2, -0.15) is 0 Å². The second-order valence-corrected chi connectivity index (χ2v) is 5.78. The molecule has 0 saturated heterocycles. The monoisotopic (exact) mass is 343 g/mol. The van der Waals surface area contributed by atoms with Gasteiger partial charge in [-0.15, -0.1) is 24.2 Å². The summed E-state index contributed by atoms with van der Waals surface area (Å²) < 4.78 is 0. The molecule has 1 aliphatic rings. The van der Waals surface area contributed by atoms with Gasteiger partial charge in [0, 0.05) is 24.4 Å². The molecule has 0 atom stereocenters. The summed E-state index contributed by atoms with van der Waals surface area (Å²) in [5.41, 5.74) is 0.409. The predicted octanol–water partition coefficient (Wildman–Crippen LogP) is 3.66. The first-order chi connectivity index (χ1) is 10.1. The number of halogens is 1. The first-order valence-corrected chi connectivity index (χ1v) is 7.84. The van der Waals surface area contributed by atoms with Gasteiger partial charge in [-0.1, -0.05) is 12.5 Å². The molecular formula is C14H18ClN3O3S. The molecule has 0 fully saturated rings. The Kier molecular flexibility index (Phi) is 7.90. The van der Waals surface area contributed by atoms with Crippen LogP contribution in [-0.2, 0) is 4.79 Å². The van der Waals surface area contributed by atoms with Crippen LogP contribution in [0.1, 0.15) is 25.7 Å². The van der Waals surface area contributed by atoms with E-state index in [1.165, 1.54) is 30.3 Å². The topological polar surface area (TPSA) is 84.6 Å². The Bertz CT molecular complexity index is 566. The van der Waals surface area contributed by atoms with Gasteiger partial charge in [0.25, 0.3) is 5.69 Å². The van der Waals surface area contributed by atoms with E-state index in [4.69, 9.17) is 0 Å². The number of aliphatic imine (C=N–C) groups is 1. The highest BCUT2D eigenvalue weighted by molar-refractivity contribution is 8.14. The molecular weight excluding hydrogens is 326 g/mol. The van der Waals surface area contributed by atoms with Crippen LogP contribution in [0.15, 0.2) is 29.3 Å². The second-order valence-electron chi connectivity index (χ2n) is 4.73. The number of nitrogens with zero attached hydrogens (tertiary/aromatic N) is 2. The van der Waals surface area contributed by atoms with Crippen LogP contribution >= 0.6 is 24.2 Å². The van der Waals surface area contributed by atoms with E-state index in [1.807, 2.05) is 0 Å². The van der Waals surface area contributed by atoms with Crippen LogP contribution in [0, 0.1) is 10.1 Å². The summed E-state index contributed by atoms with van der Waals surface area (Å²) in [5.74, 6) is 0.106. The Labute approximate surface area is 139 Å². The summed E-state index contributed by atoms with van der Waals surface area (Å²) in [6.07, 6.45) is 4.37. The van der Waals surface area contributed by atoms with Crippen LogP contribution in [-0.4, -0.2) is 28.2 Å². The standard InChI is InChI=1S/C14H17N3O3S.ClH/c18-13(10-21-14-7-2-1-3-8-15-14)16-11-5-4-6-12(9-11)17(19)20;/h4-6,9H,1-3,7-8,10H2,(H,16,18);1H. The number of amides is 1. The van der Waals surface area contributed by atoms with Crippen LogP contribution in [0.3, 0.4) is 0 Å². The summed E-state index contributed by atoms with van der Waals surface area (Å²) in [6, 6.07) is 5.94. The minimum absolute atomic E-state index is 0. The minimum Gasteiger partial charge on any atom is -0.325 e. The molecule has 0 saturated carbocycles. The largest absolute Gasteiger partial charge is 0.325 e. The zero-order valence-electron chi connectivity index (χ0n) is 12.0. The van der Waals surface area contributed by atoms with Crippen LogP contribution in [0.2, 0.25) is 0 Å². The van der Waals surface area contributed by atoms with Crippen molar-refractivity contribution in [3.63, 3.8) is 0 Å². The molecule has 1 aliphatic heterocycles. The van der Waals surface area contributed by atoms with Crippen LogP contribution in [0.5, 0.6) is 0 Å². The van der Waals surface area contributed by atoms with Crippen molar-refractivity contribution < 1.29 is 9.72 Å². The number of nitrogens with one attached hydrogen (secondary N) is 1. The van der Waals surface area contributed by atoms with Gasteiger partial charge in [0.05, 0.1) is 15.7 Å². The normalized spacial score (nSPS) is 14.3. The Morgan fingerprint density at radius 2 is 2.18 bits per heavy atom. The number of hydrogen-bond acceptors (Lipinski definition) is 5. The van der Waals surface area contributed by atoms with E-state index < -0.39 is 4.92 Å². The zero-order valence-corrected chi connectivity index (χ0v) is 13.6. The van der Waals surface area contributed by atoms with Gasteiger partial charge < -0.3 is 5.32 Å². The Morgan fingerprint density at radius 1 is 1.36 bits per heavy atom. The lowest BCUT2D eigenvalue weighted by atomic mass is 10.2. The molecule has 1 aromatic rings. The van der Waals surface area contributed by atoms with Gasteiger partial charge in [0.1, 0.15) is 0 Å². The average Bonchev–Trinajstić information content (AvgIpc) is 2.74. The average molecular weight is 344 g/mol. The van der Waals surface area contributed by atoms with Gasteiger partial charge >= 0.3 is 0 Å². The molecule has 0 bridgehead atoms. The van der Waals surface area contributed by atoms with Crippen molar-refractivity contribution in [2.45, 2.75) is 25.7 Å². The van der Waals surface area contributed by atoms with E-state index >= 15 is 0 Å². The SMILES string of the molecule is Cl.O=C(CSC1=NCCCCC1)Nc1cccc([N+](=O)[O-])c1. The number of nitro groups is 1. The van der Waals surface area contributed by atoms with Crippen molar-refractivity contribution in [2.24, 2.45) is 4.99 Å². The molecule has 1 aromatic carbocycles. The molecule has 120 valence electrons. The third kappa shape index (κ3) is 6.03. The second kappa shape index (κ2) is 9.42. The van der Waals surface area contributed by atoms with Gasteiger partial charge in [0.15, 0.2) is 0 Å². The number of hydrogen-bond donors (Lipinski definition) is 1. The van der Waals surface area contributed by atoms with E-state index in [-0.39, 0.29) is 29.8 Å². The highest BCUT2D eigenvalue weighted by atomic mass is 35.5. The third-order valence-electron chi connectivity index (χ3n) is 3.05. The quantitative estimate of drug-likeness (QED) is 0.667. The Balaban J connectivity index is 0.00000242. The molecule has 6 nitrogen and oxygen atoms in total. The maximum Gasteiger partial charge on any atom is 0.271 e. The van der Waals surface area contributed by atoms with Crippen molar-refractivity contribution in [1.29, 1.82) is 0 Å². The number of rotatable bonds is 4. The van der Waals surface area contributed by atoms with Crippen molar-refractivity contribution in [2.75, 3.05) is 17.6 Å². The molecule has 0 radical (unpaired) electrons. The van der Waals surface area contributed by atoms with Gasteiger partial charge in [-0.05, 0) is 25.3 Å². The number of non-ortho nitro benzene ring substituents is 1.